The van der Waals surface area contributed by atoms with Crippen molar-refractivity contribution in [3.63, 3.8) is 0 Å². The lowest BCUT2D eigenvalue weighted by Gasteiger charge is -2.30. The number of amides is 1. The Morgan fingerprint density at radius 1 is 0.717 bits per heavy atom. The van der Waals surface area contributed by atoms with Gasteiger partial charge in [0.15, 0.2) is 5.75 Å². The van der Waals surface area contributed by atoms with E-state index in [-0.39, 0.29) is 31.5 Å². The van der Waals surface area contributed by atoms with E-state index in [1.807, 2.05) is 57.2 Å². The average Bonchev–Trinajstić information content (AvgIpc) is 3.70. The van der Waals surface area contributed by atoms with Crippen LogP contribution in [0.15, 0.2) is 76.5 Å². The minimum atomic E-state index is -4.84. The molecule has 0 aliphatic carbocycles. The van der Waals surface area contributed by atoms with Crippen molar-refractivity contribution in [1.29, 1.82) is 0 Å². The Morgan fingerprint density at radius 3 is 1.95 bits per heavy atom. The Bertz CT molecular complexity index is 2730. The predicted molar refractivity (Wildman–Crippen MR) is 245 cm³/mol. The number of halogens is 4. The molecule has 1 saturated heterocycles. The van der Waals surface area contributed by atoms with Gasteiger partial charge in [0.05, 0.1) is 27.1 Å². The molecule has 0 unspecified atom stereocenters. The smallest absolute Gasteiger partial charge is 0.268 e. The molecule has 60 heavy (non-hydrogen) atoms. The van der Waals surface area contributed by atoms with Gasteiger partial charge in [-0.05, 0) is 118 Å². The van der Waals surface area contributed by atoms with Gasteiger partial charge < -0.3 is 20.6 Å². The highest BCUT2D eigenvalue weighted by molar-refractivity contribution is 7.93. The fourth-order valence-electron chi connectivity index (χ4n) is 7.90. The number of aromatic hydroxyl groups is 1. The van der Waals surface area contributed by atoms with Crippen LogP contribution in [0.3, 0.4) is 0 Å². The van der Waals surface area contributed by atoms with Crippen LogP contribution in [0.4, 0.5) is 28.4 Å². The van der Waals surface area contributed by atoms with Crippen LogP contribution in [-0.2, 0) is 31.4 Å². The first-order valence-corrected chi connectivity index (χ1v) is 23.4. The van der Waals surface area contributed by atoms with E-state index in [4.69, 9.17) is 46.4 Å². The largest absolute Gasteiger partial charge is 0.505 e. The standard InChI is InChI=1S/C43H45Cl4N5O6S2/c1-24-16-27(4)42(28(5)38(24)48-22-30-12-8-7-9-13-30)52(60(57,58)36-21-32(45)19-34(47)43(36)54)23-37(53)49-40-33(46)18-31(44)20-35(40)59(55,56)50-39-25(2)17-26(3)41(29(39)6)51-14-10-11-15-51/h7-9,12-13,16-21,48,50,54H,10-11,14-15,22-23H2,1-6H3,(H,49,53). The van der Waals surface area contributed by atoms with Gasteiger partial charge in [-0.2, -0.15) is 0 Å². The number of anilines is 5. The fraction of sp³-hybridized carbons (Fsp3) is 0.279. The van der Waals surface area contributed by atoms with Gasteiger partial charge in [-0.1, -0.05) is 88.9 Å². The molecule has 11 nitrogen and oxygen atoms in total. The van der Waals surface area contributed by atoms with E-state index >= 15 is 0 Å². The molecule has 5 aromatic carbocycles. The van der Waals surface area contributed by atoms with E-state index in [9.17, 15) is 26.7 Å². The van der Waals surface area contributed by atoms with Gasteiger partial charge in [0.2, 0.25) is 5.91 Å². The van der Waals surface area contributed by atoms with Crippen molar-refractivity contribution in [1.82, 2.24) is 0 Å². The molecule has 0 atom stereocenters. The number of hydrogen-bond donors (Lipinski definition) is 4. The zero-order valence-corrected chi connectivity index (χ0v) is 38.5. The molecule has 5 aromatic rings. The Kier molecular flexibility index (Phi) is 13.5. The van der Waals surface area contributed by atoms with Crippen molar-refractivity contribution in [2.24, 2.45) is 0 Å². The summed E-state index contributed by atoms with van der Waals surface area (Å²) < 4.78 is 61.9. The van der Waals surface area contributed by atoms with Crippen LogP contribution in [0, 0.1) is 41.5 Å². The number of benzene rings is 5. The molecule has 1 amide bonds. The summed E-state index contributed by atoms with van der Waals surface area (Å²) in [5, 5.41) is 16.3. The molecule has 1 fully saturated rings. The number of rotatable bonds is 13. The highest BCUT2D eigenvalue weighted by Gasteiger charge is 2.35. The third-order valence-electron chi connectivity index (χ3n) is 10.5. The number of nitrogens with one attached hydrogen (secondary N) is 3. The average molecular weight is 934 g/mol. The molecule has 0 spiro atoms. The number of nitrogens with zero attached hydrogens (tertiary/aromatic N) is 2. The van der Waals surface area contributed by atoms with E-state index < -0.39 is 48.0 Å². The second-order valence-corrected chi connectivity index (χ2v) is 20.1. The van der Waals surface area contributed by atoms with Crippen LogP contribution >= 0.6 is 46.4 Å². The third-order valence-corrected chi connectivity index (χ3v) is 14.7. The van der Waals surface area contributed by atoms with Gasteiger partial charge in [-0.25, -0.2) is 16.8 Å². The number of phenolic OH excluding ortho intramolecular Hbond substituents is 1. The maximum Gasteiger partial charge on any atom is 0.268 e. The number of hydrogen-bond acceptors (Lipinski definition) is 8. The molecule has 0 radical (unpaired) electrons. The molecule has 0 saturated carbocycles. The highest BCUT2D eigenvalue weighted by atomic mass is 35.5. The summed E-state index contributed by atoms with van der Waals surface area (Å²) in [4.78, 5) is 15.5. The summed E-state index contributed by atoms with van der Waals surface area (Å²) in [5.41, 5.74) is 6.90. The highest BCUT2D eigenvalue weighted by Crippen LogP contribution is 2.42. The summed E-state index contributed by atoms with van der Waals surface area (Å²) in [7, 11) is -9.35. The van der Waals surface area contributed by atoms with Gasteiger partial charge in [-0.15, -0.1) is 0 Å². The molecule has 1 aliphatic heterocycles. The summed E-state index contributed by atoms with van der Waals surface area (Å²) >= 11 is 25.5. The molecule has 1 heterocycles. The topological polar surface area (TPSA) is 148 Å². The van der Waals surface area contributed by atoms with Crippen LogP contribution in [0.25, 0.3) is 0 Å². The van der Waals surface area contributed by atoms with Crippen LogP contribution < -0.4 is 24.6 Å². The van der Waals surface area contributed by atoms with Crippen LogP contribution in [0.1, 0.15) is 51.8 Å². The fourth-order valence-corrected chi connectivity index (χ4v) is 12.3. The van der Waals surface area contributed by atoms with E-state index in [1.54, 1.807) is 26.8 Å². The van der Waals surface area contributed by atoms with E-state index in [1.165, 1.54) is 12.1 Å². The Labute approximate surface area is 371 Å². The number of sulfonamides is 2. The van der Waals surface area contributed by atoms with Crippen LogP contribution in [-0.4, -0.2) is 47.5 Å². The Morgan fingerprint density at radius 2 is 1.30 bits per heavy atom. The first kappa shape index (κ1) is 45.2. The number of carbonyl (C=O) groups is 1. The molecule has 4 N–H and O–H groups in total. The number of carbonyl (C=O) groups excluding carboxylic acids is 1. The third kappa shape index (κ3) is 9.26. The van der Waals surface area contributed by atoms with Crippen molar-refractivity contribution >= 4 is 101 Å². The molecule has 6 rings (SSSR count). The van der Waals surface area contributed by atoms with Gasteiger partial charge in [-0.3, -0.25) is 13.8 Å². The SMILES string of the molecule is Cc1cc(C)c(N2CCCC2)c(C)c1NS(=O)(=O)c1cc(Cl)cc(Cl)c1NC(=O)CN(c1c(C)cc(C)c(NCc2ccccc2)c1C)S(=O)(=O)c1cc(Cl)cc(Cl)c1O. The summed E-state index contributed by atoms with van der Waals surface area (Å²) in [6.45, 7) is 12.1. The second-order valence-electron chi connectivity index (χ2n) is 14.9. The zero-order chi connectivity index (χ0) is 43.8. The lowest BCUT2D eigenvalue weighted by Crippen LogP contribution is -2.39. The van der Waals surface area contributed by atoms with E-state index in [2.05, 4.69) is 20.3 Å². The second kappa shape index (κ2) is 17.9. The lowest BCUT2D eigenvalue weighted by atomic mass is 10.0. The maximum absolute atomic E-state index is 14.8. The zero-order valence-electron chi connectivity index (χ0n) is 33.8. The first-order chi connectivity index (χ1) is 28.2. The summed E-state index contributed by atoms with van der Waals surface area (Å²) in [5.74, 6) is -1.74. The predicted octanol–water partition coefficient (Wildman–Crippen LogP) is 10.7. The van der Waals surface area contributed by atoms with E-state index in [0.717, 1.165) is 70.3 Å². The summed E-state index contributed by atoms with van der Waals surface area (Å²) in [6.07, 6.45) is 2.06. The molecule has 318 valence electrons. The summed E-state index contributed by atoms with van der Waals surface area (Å²) in [6, 6.07) is 17.9. The lowest BCUT2D eigenvalue weighted by molar-refractivity contribution is -0.114. The van der Waals surface area contributed by atoms with Crippen LogP contribution in [0.5, 0.6) is 5.75 Å². The Balaban J connectivity index is 1.42. The Hall–Kier alpha value is -4.37. The normalized spacial score (nSPS) is 13.1. The van der Waals surface area contributed by atoms with Gasteiger partial charge in [0.1, 0.15) is 16.3 Å². The molecule has 0 bridgehead atoms. The maximum atomic E-state index is 14.8. The molecule has 17 heteroatoms. The molecule has 1 aliphatic rings. The van der Waals surface area contributed by atoms with Crippen molar-refractivity contribution in [2.75, 3.05) is 44.2 Å². The monoisotopic (exact) mass is 931 g/mol. The van der Waals surface area contributed by atoms with Crippen molar-refractivity contribution in [3.8, 4) is 5.75 Å². The quantitative estimate of drug-likeness (QED) is 0.0912. The molecular weight excluding hydrogens is 888 g/mol. The molecule has 0 aromatic heterocycles. The van der Waals surface area contributed by atoms with E-state index in [0.29, 0.717) is 34.6 Å². The van der Waals surface area contributed by atoms with Crippen molar-refractivity contribution < 1.29 is 26.7 Å². The van der Waals surface area contributed by atoms with Gasteiger partial charge in [0.25, 0.3) is 20.0 Å². The molecular formula is C43H45Cl4N5O6S2. The van der Waals surface area contributed by atoms with Gasteiger partial charge in [0, 0.05) is 41.1 Å². The number of phenols is 1. The number of aryl methyl sites for hydroxylation is 4. The van der Waals surface area contributed by atoms with Gasteiger partial charge >= 0.3 is 0 Å². The van der Waals surface area contributed by atoms with Crippen LogP contribution in [0.2, 0.25) is 20.1 Å². The van der Waals surface area contributed by atoms with Crippen molar-refractivity contribution in [2.45, 2.75) is 70.7 Å². The first-order valence-electron chi connectivity index (χ1n) is 19.0. The van der Waals surface area contributed by atoms with Crippen molar-refractivity contribution in [3.05, 3.63) is 126 Å². The minimum absolute atomic E-state index is 0.0209. The minimum Gasteiger partial charge on any atom is -0.505 e.